The van der Waals surface area contributed by atoms with Gasteiger partial charge in [0.05, 0.1) is 16.0 Å². The zero-order chi connectivity index (χ0) is 16.3. The predicted octanol–water partition coefficient (Wildman–Crippen LogP) is 3.08. The summed E-state index contributed by atoms with van der Waals surface area (Å²) in [6.07, 6.45) is 0.982. The van der Waals surface area contributed by atoms with Gasteiger partial charge in [-0.2, -0.15) is 0 Å². The Balaban J connectivity index is 1.97. The van der Waals surface area contributed by atoms with E-state index in [-0.39, 0.29) is 17.0 Å². The van der Waals surface area contributed by atoms with E-state index >= 15 is 0 Å². The summed E-state index contributed by atoms with van der Waals surface area (Å²) in [5.74, 6) is 0.156. The van der Waals surface area contributed by atoms with Crippen LogP contribution in [-0.4, -0.2) is 43.4 Å². The Morgan fingerprint density at radius 2 is 2.00 bits per heavy atom. The van der Waals surface area contributed by atoms with Gasteiger partial charge in [-0.3, -0.25) is 0 Å². The number of nitrogens with one attached hydrogen (secondary N) is 1. The average Bonchev–Trinajstić information content (AvgIpc) is 2.52. The summed E-state index contributed by atoms with van der Waals surface area (Å²) in [7, 11) is -3.02. The van der Waals surface area contributed by atoms with Crippen molar-refractivity contribution in [3.05, 3.63) is 28.8 Å². The largest absolute Gasteiger partial charge is 0.324 e. The molecular weight excluding hydrogens is 324 g/mol. The van der Waals surface area contributed by atoms with Gasteiger partial charge in [0.25, 0.3) is 0 Å². The highest BCUT2D eigenvalue weighted by Crippen LogP contribution is 2.26. The number of halogens is 1. The number of likely N-dealkylation sites (tertiary alicyclic amines) is 1. The summed E-state index contributed by atoms with van der Waals surface area (Å²) in [6.45, 7) is 4.42. The van der Waals surface area contributed by atoms with E-state index in [1.165, 1.54) is 0 Å². The van der Waals surface area contributed by atoms with Gasteiger partial charge in [-0.1, -0.05) is 30.7 Å². The molecule has 1 aliphatic rings. The normalized spacial score (nSPS) is 16.6. The van der Waals surface area contributed by atoms with Crippen molar-refractivity contribution in [2.45, 2.75) is 31.9 Å². The van der Waals surface area contributed by atoms with Crippen LogP contribution >= 0.6 is 11.6 Å². The van der Waals surface area contributed by atoms with Gasteiger partial charge >= 0.3 is 6.03 Å². The highest BCUT2D eigenvalue weighted by atomic mass is 35.5. The number of carbonyl (C=O) groups is 1. The number of amides is 2. The number of benzene rings is 1. The summed E-state index contributed by atoms with van der Waals surface area (Å²) in [6, 6.07) is 5.22. The molecule has 1 aromatic rings. The lowest BCUT2D eigenvalue weighted by Gasteiger charge is -2.31. The number of urea groups is 1. The van der Waals surface area contributed by atoms with E-state index < -0.39 is 9.84 Å². The van der Waals surface area contributed by atoms with Crippen LogP contribution in [0.2, 0.25) is 5.02 Å². The van der Waals surface area contributed by atoms with E-state index in [4.69, 9.17) is 11.6 Å². The predicted molar refractivity (Wildman–Crippen MR) is 89.3 cm³/mol. The highest BCUT2D eigenvalue weighted by Gasteiger charge is 2.30. The zero-order valence-electron chi connectivity index (χ0n) is 12.8. The molecule has 7 heteroatoms. The molecule has 0 atom stereocenters. The molecule has 122 valence electrons. The fraction of sp³-hybridized carbons (Fsp3) is 0.533. The molecule has 1 N–H and O–H groups in total. The second-order valence-electron chi connectivity index (χ2n) is 5.50. The van der Waals surface area contributed by atoms with E-state index in [0.29, 0.717) is 36.6 Å². The van der Waals surface area contributed by atoms with E-state index in [1.807, 2.05) is 19.1 Å². The third kappa shape index (κ3) is 3.73. The van der Waals surface area contributed by atoms with Gasteiger partial charge in [0.2, 0.25) is 0 Å². The number of nitrogens with zero attached hydrogens (tertiary/aromatic N) is 1. The van der Waals surface area contributed by atoms with Crippen LogP contribution in [0.4, 0.5) is 10.5 Å². The molecule has 1 fully saturated rings. The number of aryl methyl sites for hydroxylation is 1. The minimum atomic E-state index is -3.02. The van der Waals surface area contributed by atoms with E-state index in [9.17, 15) is 13.2 Å². The molecule has 1 aliphatic heterocycles. The fourth-order valence-corrected chi connectivity index (χ4v) is 4.17. The number of hydrogen-bond donors (Lipinski definition) is 1. The van der Waals surface area contributed by atoms with Gasteiger partial charge in [-0.25, -0.2) is 13.2 Å². The van der Waals surface area contributed by atoms with Crippen molar-refractivity contribution in [1.29, 1.82) is 0 Å². The molecule has 1 heterocycles. The van der Waals surface area contributed by atoms with Crippen LogP contribution in [0, 0.1) is 6.92 Å². The Kier molecular flexibility index (Phi) is 5.34. The number of carbonyl (C=O) groups excluding carboxylic acids is 1. The molecule has 22 heavy (non-hydrogen) atoms. The van der Waals surface area contributed by atoms with Gasteiger partial charge in [0.1, 0.15) is 0 Å². The Bertz CT molecular complexity index is 653. The van der Waals surface area contributed by atoms with Crippen LogP contribution in [0.15, 0.2) is 18.2 Å². The SMILES string of the molecule is CCS(=O)(=O)C1CCN(C(=O)Nc2cccc(C)c2Cl)CC1. The molecule has 0 radical (unpaired) electrons. The minimum absolute atomic E-state index is 0.156. The molecular formula is C15H21ClN2O3S. The monoisotopic (exact) mass is 344 g/mol. The molecule has 0 saturated carbocycles. The van der Waals surface area contributed by atoms with Crippen LogP contribution in [0.3, 0.4) is 0 Å². The topological polar surface area (TPSA) is 66.5 Å². The second kappa shape index (κ2) is 6.87. The molecule has 0 spiro atoms. The van der Waals surface area contributed by atoms with Gasteiger partial charge < -0.3 is 10.2 Å². The smallest absolute Gasteiger partial charge is 0.321 e. The van der Waals surface area contributed by atoms with Crippen LogP contribution in [0.25, 0.3) is 0 Å². The number of piperidine rings is 1. The Morgan fingerprint density at radius 3 is 2.59 bits per heavy atom. The van der Waals surface area contributed by atoms with Gasteiger partial charge in [0, 0.05) is 18.8 Å². The van der Waals surface area contributed by atoms with Crippen molar-refractivity contribution in [3.8, 4) is 0 Å². The first-order valence-corrected chi connectivity index (χ1v) is 9.47. The molecule has 2 amide bonds. The highest BCUT2D eigenvalue weighted by molar-refractivity contribution is 7.92. The van der Waals surface area contributed by atoms with E-state index in [1.54, 1.807) is 17.9 Å². The molecule has 1 aromatic carbocycles. The quantitative estimate of drug-likeness (QED) is 0.916. The number of anilines is 1. The van der Waals surface area contributed by atoms with Crippen molar-refractivity contribution in [2.24, 2.45) is 0 Å². The molecule has 2 rings (SSSR count). The van der Waals surface area contributed by atoms with E-state index in [0.717, 1.165) is 5.56 Å². The number of hydrogen-bond acceptors (Lipinski definition) is 3. The first kappa shape index (κ1) is 17.1. The van der Waals surface area contributed by atoms with Gasteiger partial charge in [-0.15, -0.1) is 0 Å². The third-order valence-corrected chi connectivity index (χ3v) is 6.87. The van der Waals surface area contributed by atoms with E-state index in [2.05, 4.69) is 5.32 Å². The van der Waals surface area contributed by atoms with Crippen molar-refractivity contribution in [2.75, 3.05) is 24.2 Å². The summed E-state index contributed by atoms with van der Waals surface area (Å²) < 4.78 is 23.7. The van der Waals surface area contributed by atoms with Crippen LogP contribution in [0.5, 0.6) is 0 Å². The summed E-state index contributed by atoms with van der Waals surface area (Å²) >= 11 is 6.17. The minimum Gasteiger partial charge on any atom is -0.324 e. The number of rotatable bonds is 3. The first-order chi connectivity index (χ1) is 10.3. The lowest BCUT2D eigenvalue weighted by atomic mass is 10.1. The average molecular weight is 345 g/mol. The van der Waals surface area contributed by atoms with Crippen LogP contribution in [0.1, 0.15) is 25.3 Å². The van der Waals surface area contributed by atoms with Crippen molar-refractivity contribution >= 4 is 33.2 Å². The van der Waals surface area contributed by atoms with Crippen molar-refractivity contribution in [3.63, 3.8) is 0 Å². The Labute approximate surface area is 136 Å². The van der Waals surface area contributed by atoms with Gasteiger partial charge in [-0.05, 0) is 31.4 Å². The van der Waals surface area contributed by atoms with Crippen molar-refractivity contribution in [1.82, 2.24) is 4.90 Å². The maximum atomic E-state index is 12.3. The lowest BCUT2D eigenvalue weighted by molar-refractivity contribution is 0.200. The maximum Gasteiger partial charge on any atom is 0.321 e. The molecule has 0 aliphatic carbocycles. The molecule has 1 saturated heterocycles. The summed E-state index contributed by atoms with van der Waals surface area (Å²) in [4.78, 5) is 13.9. The Morgan fingerprint density at radius 1 is 1.36 bits per heavy atom. The lowest BCUT2D eigenvalue weighted by Crippen LogP contribution is -2.44. The standard InChI is InChI=1S/C15H21ClN2O3S/c1-3-22(20,21)12-7-9-18(10-8-12)15(19)17-13-6-4-5-11(2)14(13)16/h4-6,12H,3,7-10H2,1-2H3,(H,17,19). The third-order valence-electron chi connectivity index (χ3n) is 4.07. The zero-order valence-corrected chi connectivity index (χ0v) is 14.4. The Hall–Kier alpha value is -1.27. The van der Waals surface area contributed by atoms with Gasteiger partial charge in [0.15, 0.2) is 9.84 Å². The number of sulfone groups is 1. The van der Waals surface area contributed by atoms with Crippen molar-refractivity contribution < 1.29 is 13.2 Å². The molecule has 0 bridgehead atoms. The van der Waals surface area contributed by atoms with Crippen LogP contribution in [-0.2, 0) is 9.84 Å². The maximum absolute atomic E-state index is 12.3. The molecule has 0 aromatic heterocycles. The van der Waals surface area contributed by atoms with Crippen LogP contribution < -0.4 is 5.32 Å². The second-order valence-corrected chi connectivity index (χ2v) is 8.45. The summed E-state index contributed by atoms with van der Waals surface area (Å²) in [5, 5.41) is 2.99. The fourth-order valence-electron chi connectivity index (χ4n) is 2.59. The first-order valence-electron chi connectivity index (χ1n) is 7.37. The summed E-state index contributed by atoms with van der Waals surface area (Å²) in [5.41, 5.74) is 1.47. The molecule has 0 unspecified atom stereocenters. The molecule has 5 nitrogen and oxygen atoms in total.